The van der Waals surface area contributed by atoms with E-state index in [4.69, 9.17) is 14.9 Å². The SMILES string of the molecule is COc1ccc2c(c1)C(=O)N(CNC(=O)NC(=O)CC=C1CNC=C(c3ccc(C(N)=O)o3)C1)C2. The van der Waals surface area contributed by atoms with Crippen LogP contribution in [-0.2, 0) is 11.3 Å². The highest BCUT2D eigenvalue weighted by Crippen LogP contribution is 2.27. The third-order valence-electron chi connectivity index (χ3n) is 5.64. The number of hydrogen-bond acceptors (Lipinski definition) is 7. The second-order valence-electron chi connectivity index (χ2n) is 8.06. The van der Waals surface area contributed by atoms with E-state index in [1.165, 1.54) is 18.1 Å². The van der Waals surface area contributed by atoms with E-state index in [0.717, 1.165) is 16.7 Å². The van der Waals surface area contributed by atoms with E-state index in [0.29, 0.717) is 36.6 Å². The molecule has 0 unspecified atom stereocenters. The van der Waals surface area contributed by atoms with E-state index < -0.39 is 17.8 Å². The summed E-state index contributed by atoms with van der Waals surface area (Å²) in [5, 5.41) is 7.89. The minimum absolute atomic E-state index is 0.00369. The van der Waals surface area contributed by atoms with Gasteiger partial charge in [-0.2, -0.15) is 0 Å². The Morgan fingerprint density at radius 2 is 2.09 bits per heavy atom. The number of allylic oxidation sites excluding steroid dienone is 1. The largest absolute Gasteiger partial charge is 0.497 e. The van der Waals surface area contributed by atoms with Crippen molar-refractivity contribution in [3.05, 3.63) is 70.8 Å². The molecule has 5 N–H and O–H groups in total. The van der Waals surface area contributed by atoms with Gasteiger partial charge in [0, 0.05) is 43.3 Å². The maximum atomic E-state index is 12.5. The van der Waals surface area contributed by atoms with Gasteiger partial charge < -0.3 is 30.4 Å². The quantitative estimate of drug-likeness (QED) is 0.438. The van der Waals surface area contributed by atoms with Crippen LogP contribution in [0.5, 0.6) is 5.75 Å². The van der Waals surface area contributed by atoms with Crippen molar-refractivity contribution in [2.45, 2.75) is 19.4 Å². The molecule has 1 aromatic heterocycles. The number of benzene rings is 1. The molecular weight excluding hydrogens is 454 g/mol. The topological polar surface area (TPSA) is 156 Å². The molecule has 4 rings (SSSR count). The van der Waals surface area contributed by atoms with E-state index in [1.54, 1.807) is 30.5 Å². The molecule has 2 aliphatic rings. The first-order chi connectivity index (χ1) is 16.8. The maximum absolute atomic E-state index is 12.5. The van der Waals surface area contributed by atoms with Crippen LogP contribution < -0.4 is 26.4 Å². The Morgan fingerprint density at radius 3 is 2.83 bits per heavy atom. The van der Waals surface area contributed by atoms with Crippen LogP contribution in [0.3, 0.4) is 0 Å². The van der Waals surface area contributed by atoms with Gasteiger partial charge in [-0.15, -0.1) is 0 Å². The van der Waals surface area contributed by atoms with Gasteiger partial charge in [0.05, 0.1) is 13.8 Å². The molecule has 0 saturated carbocycles. The van der Waals surface area contributed by atoms with Gasteiger partial charge in [-0.05, 0) is 29.8 Å². The predicted octanol–water partition coefficient (Wildman–Crippen LogP) is 1.48. The van der Waals surface area contributed by atoms with Gasteiger partial charge in [-0.3, -0.25) is 19.7 Å². The normalized spacial score (nSPS) is 15.8. The lowest BCUT2D eigenvalue weighted by Crippen LogP contribution is -2.44. The first-order valence-corrected chi connectivity index (χ1v) is 10.9. The number of primary amides is 1. The molecule has 3 heterocycles. The number of imide groups is 1. The number of urea groups is 1. The summed E-state index contributed by atoms with van der Waals surface area (Å²) in [7, 11) is 1.53. The van der Waals surface area contributed by atoms with Gasteiger partial charge in [0.1, 0.15) is 11.5 Å². The smallest absolute Gasteiger partial charge is 0.322 e. The molecule has 0 atom stereocenters. The van der Waals surface area contributed by atoms with E-state index in [-0.39, 0.29) is 24.8 Å². The van der Waals surface area contributed by atoms with Crippen molar-refractivity contribution in [1.82, 2.24) is 20.9 Å². The number of nitrogens with zero attached hydrogens (tertiary/aromatic N) is 1. The third kappa shape index (κ3) is 5.52. The zero-order valence-electron chi connectivity index (χ0n) is 19.1. The molecule has 2 aromatic rings. The molecule has 11 nitrogen and oxygen atoms in total. The summed E-state index contributed by atoms with van der Waals surface area (Å²) in [4.78, 5) is 49.6. The molecule has 11 heteroatoms. The van der Waals surface area contributed by atoms with Crippen LogP contribution in [0.15, 0.2) is 52.6 Å². The number of nitrogens with one attached hydrogen (secondary N) is 3. The Balaban J connectivity index is 1.23. The summed E-state index contributed by atoms with van der Waals surface area (Å²) in [6.45, 7) is 0.858. The average Bonchev–Trinajstić information content (AvgIpc) is 3.47. The van der Waals surface area contributed by atoms with Crippen LogP contribution in [-0.4, -0.2) is 49.0 Å². The van der Waals surface area contributed by atoms with Crippen LogP contribution in [0.4, 0.5) is 4.79 Å². The Hall–Kier alpha value is -4.54. The van der Waals surface area contributed by atoms with Crippen LogP contribution in [0.25, 0.3) is 5.57 Å². The summed E-state index contributed by atoms with van der Waals surface area (Å²) < 4.78 is 10.6. The Morgan fingerprint density at radius 1 is 1.26 bits per heavy atom. The first-order valence-electron chi connectivity index (χ1n) is 10.9. The lowest BCUT2D eigenvalue weighted by Gasteiger charge is -2.17. The van der Waals surface area contributed by atoms with Crippen LogP contribution >= 0.6 is 0 Å². The number of rotatable bonds is 7. The van der Waals surface area contributed by atoms with E-state index in [9.17, 15) is 19.2 Å². The molecule has 0 bridgehead atoms. The highest BCUT2D eigenvalue weighted by atomic mass is 16.5. The van der Waals surface area contributed by atoms with Gasteiger partial charge >= 0.3 is 6.03 Å². The molecule has 0 radical (unpaired) electrons. The fourth-order valence-corrected chi connectivity index (χ4v) is 3.83. The predicted molar refractivity (Wildman–Crippen MR) is 125 cm³/mol. The van der Waals surface area contributed by atoms with E-state index >= 15 is 0 Å². The van der Waals surface area contributed by atoms with Crippen molar-refractivity contribution < 1.29 is 28.3 Å². The molecule has 5 amide bonds. The Bertz CT molecular complexity index is 1240. The molecule has 0 fully saturated rings. The van der Waals surface area contributed by atoms with Crippen molar-refractivity contribution in [2.75, 3.05) is 20.3 Å². The summed E-state index contributed by atoms with van der Waals surface area (Å²) in [6.07, 6.45) is 4.02. The standard InChI is InChI=1S/C24H25N5O6/c1-34-17-4-3-15-12-29(23(32)18(15)9-17)13-27-24(33)28-21(30)7-2-14-8-16(11-26-10-14)19-5-6-20(35-19)22(25)31/h2-6,9,11,26H,7-8,10,12-13H2,1H3,(H2,25,31)(H2,27,28,30,33). The van der Waals surface area contributed by atoms with E-state index in [2.05, 4.69) is 16.0 Å². The molecule has 182 valence electrons. The number of ether oxygens (including phenoxy) is 1. The van der Waals surface area contributed by atoms with Crippen molar-refractivity contribution >= 4 is 29.3 Å². The zero-order valence-corrected chi connectivity index (χ0v) is 19.1. The van der Waals surface area contributed by atoms with Crippen LogP contribution in [0.2, 0.25) is 0 Å². The molecule has 1 aromatic carbocycles. The number of nitrogens with two attached hydrogens (primary N) is 1. The number of carbonyl (C=O) groups excluding carboxylic acids is 4. The number of carbonyl (C=O) groups is 4. The number of furan rings is 1. The fourth-order valence-electron chi connectivity index (χ4n) is 3.83. The highest BCUT2D eigenvalue weighted by Gasteiger charge is 2.28. The molecule has 35 heavy (non-hydrogen) atoms. The van der Waals surface area contributed by atoms with Crippen LogP contribution in [0.1, 0.15) is 45.1 Å². The van der Waals surface area contributed by atoms with Gasteiger partial charge in [0.2, 0.25) is 5.91 Å². The van der Waals surface area contributed by atoms with Crippen molar-refractivity contribution in [3.63, 3.8) is 0 Å². The summed E-state index contributed by atoms with van der Waals surface area (Å²) >= 11 is 0. The zero-order chi connectivity index (χ0) is 24.9. The maximum Gasteiger partial charge on any atom is 0.322 e. The summed E-state index contributed by atoms with van der Waals surface area (Å²) in [6, 6.07) is 7.73. The van der Waals surface area contributed by atoms with E-state index in [1.807, 2.05) is 6.07 Å². The lowest BCUT2D eigenvalue weighted by molar-refractivity contribution is -0.119. The summed E-state index contributed by atoms with van der Waals surface area (Å²) in [5.74, 6) is -0.186. The molecule has 0 aliphatic carbocycles. The van der Waals surface area contributed by atoms with Gasteiger partial charge in [0.15, 0.2) is 5.76 Å². The van der Waals surface area contributed by atoms with Crippen molar-refractivity contribution in [2.24, 2.45) is 5.73 Å². The first kappa shape index (κ1) is 23.6. The highest BCUT2D eigenvalue weighted by molar-refractivity contribution is 5.99. The second-order valence-corrected chi connectivity index (χ2v) is 8.06. The van der Waals surface area contributed by atoms with Gasteiger partial charge in [-0.1, -0.05) is 17.7 Å². The number of methoxy groups -OCH3 is 1. The van der Waals surface area contributed by atoms with Gasteiger partial charge in [-0.25, -0.2) is 4.79 Å². The Labute approximate surface area is 201 Å². The van der Waals surface area contributed by atoms with Crippen molar-refractivity contribution in [1.29, 1.82) is 0 Å². The third-order valence-corrected chi connectivity index (χ3v) is 5.64. The second kappa shape index (κ2) is 10.2. The van der Waals surface area contributed by atoms with Gasteiger partial charge in [0.25, 0.3) is 11.8 Å². The fraction of sp³-hybridized carbons (Fsp3) is 0.250. The number of amides is 5. The Kier molecular flexibility index (Phi) is 6.86. The van der Waals surface area contributed by atoms with Crippen LogP contribution in [0, 0.1) is 0 Å². The average molecular weight is 479 g/mol. The minimum Gasteiger partial charge on any atom is -0.497 e. The molecule has 0 spiro atoms. The minimum atomic E-state index is -0.688. The summed E-state index contributed by atoms with van der Waals surface area (Å²) in [5.41, 5.74) is 8.32. The number of hydrogen-bond donors (Lipinski definition) is 4. The molecule has 0 saturated heterocycles. The molecule has 2 aliphatic heterocycles. The number of fused-ring (bicyclic) bond motifs is 1. The monoisotopic (exact) mass is 479 g/mol. The lowest BCUT2D eigenvalue weighted by atomic mass is 10.0. The van der Waals surface area contributed by atoms with Crippen molar-refractivity contribution in [3.8, 4) is 5.75 Å². The molecular formula is C24H25N5O6.